The van der Waals surface area contributed by atoms with Gasteiger partial charge in [-0.15, -0.1) is 6.58 Å². The molecule has 2 heteroatoms. The predicted octanol–water partition coefficient (Wildman–Crippen LogP) is 7.20. The monoisotopic (exact) mass is 326 g/mol. The lowest BCUT2D eigenvalue weighted by Gasteiger charge is -2.47. The summed E-state index contributed by atoms with van der Waals surface area (Å²) in [4.78, 5) is 0. The molecule has 0 aliphatic carbocycles. The van der Waals surface area contributed by atoms with Gasteiger partial charge in [-0.2, -0.15) is 0 Å². The molecule has 0 N–H and O–H groups in total. The van der Waals surface area contributed by atoms with E-state index in [9.17, 15) is 0 Å². The van der Waals surface area contributed by atoms with Crippen molar-refractivity contribution >= 4 is 8.32 Å². The standard InChI is InChI=1S/C20H42OSi/c1-11-13-14-19(12-2)20(15(3)4)21-22(16(5)6,17(7)8)18(9)10/h12,15-20H,2,11,13-14H2,1,3-10H3/t19-,20-/m1/s1. The molecule has 0 saturated carbocycles. The van der Waals surface area contributed by atoms with E-state index in [1.165, 1.54) is 19.3 Å². The van der Waals surface area contributed by atoms with E-state index in [2.05, 4.69) is 75.0 Å². The third kappa shape index (κ3) is 5.23. The van der Waals surface area contributed by atoms with Gasteiger partial charge in [0.2, 0.25) is 8.32 Å². The van der Waals surface area contributed by atoms with Crippen molar-refractivity contribution in [3.05, 3.63) is 12.7 Å². The molecule has 0 unspecified atom stereocenters. The van der Waals surface area contributed by atoms with E-state index in [0.29, 0.717) is 34.6 Å². The summed E-state index contributed by atoms with van der Waals surface area (Å²) >= 11 is 0. The van der Waals surface area contributed by atoms with E-state index < -0.39 is 8.32 Å². The number of hydrogen-bond donors (Lipinski definition) is 0. The summed E-state index contributed by atoms with van der Waals surface area (Å²) in [5.74, 6) is 1.03. The van der Waals surface area contributed by atoms with Gasteiger partial charge in [-0.1, -0.05) is 81.2 Å². The zero-order valence-electron chi connectivity index (χ0n) is 16.8. The maximum absolute atomic E-state index is 7.10. The molecule has 0 spiro atoms. The van der Waals surface area contributed by atoms with Crippen molar-refractivity contribution in [3.63, 3.8) is 0 Å². The molecule has 0 aliphatic heterocycles. The number of unbranched alkanes of at least 4 members (excludes halogenated alkanes) is 1. The summed E-state index contributed by atoms with van der Waals surface area (Å²) < 4.78 is 7.10. The summed E-state index contributed by atoms with van der Waals surface area (Å²) in [6.07, 6.45) is 6.20. The Balaban J connectivity index is 5.52. The molecular weight excluding hydrogens is 284 g/mol. The van der Waals surface area contributed by atoms with Crippen molar-refractivity contribution in [1.82, 2.24) is 0 Å². The molecule has 0 fully saturated rings. The fourth-order valence-electron chi connectivity index (χ4n) is 4.22. The second kappa shape index (κ2) is 9.92. The average Bonchev–Trinajstić information content (AvgIpc) is 2.40. The fraction of sp³-hybridized carbons (Fsp3) is 0.900. The SMILES string of the molecule is C=C[C@H](CCCC)[C@H](O[Si](C(C)C)(C(C)C)C(C)C)C(C)C. The van der Waals surface area contributed by atoms with Crippen LogP contribution in [0, 0.1) is 11.8 Å². The highest BCUT2D eigenvalue weighted by Gasteiger charge is 2.47. The topological polar surface area (TPSA) is 9.23 Å². The first kappa shape index (κ1) is 21.9. The van der Waals surface area contributed by atoms with Crippen molar-refractivity contribution in [1.29, 1.82) is 0 Å². The third-order valence-electron chi connectivity index (χ3n) is 5.32. The average molecular weight is 327 g/mol. The Morgan fingerprint density at radius 3 is 1.64 bits per heavy atom. The molecule has 0 amide bonds. The third-order valence-corrected chi connectivity index (χ3v) is 11.4. The maximum atomic E-state index is 7.10. The van der Waals surface area contributed by atoms with E-state index in [-0.39, 0.29) is 0 Å². The number of rotatable bonds is 11. The molecule has 0 saturated heterocycles. The van der Waals surface area contributed by atoms with Crippen LogP contribution in [-0.4, -0.2) is 14.4 Å². The summed E-state index contributed by atoms with van der Waals surface area (Å²) in [7, 11) is -1.82. The molecule has 0 aromatic carbocycles. The van der Waals surface area contributed by atoms with Gasteiger partial charge in [0, 0.05) is 5.92 Å². The molecule has 0 radical (unpaired) electrons. The molecular formula is C20H42OSi. The smallest absolute Gasteiger partial charge is 0.200 e. The highest BCUT2D eigenvalue weighted by molar-refractivity contribution is 6.77. The van der Waals surface area contributed by atoms with E-state index in [1.54, 1.807) is 0 Å². The minimum Gasteiger partial charge on any atom is -0.412 e. The van der Waals surface area contributed by atoms with E-state index in [1.807, 2.05) is 0 Å². The second-order valence-corrected chi connectivity index (χ2v) is 13.6. The van der Waals surface area contributed by atoms with E-state index >= 15 is 0 Å². The fourth-order valence-corrected chi connectivity index (χ4v) is 9.95. The second-order valence-electron chi connectivity index (χ2n) is 8.19. The van der Waals surface area contributed by atoms with Gasteiger partial charge in [0.15, 0.2) is 0 Å². The summed E-state index contributed by atoms with van der Waals surface area (Å²) in [5, 5.41) is 0. The molecule has 0 heterocycles. The lowest BCUT2D eigenvalue weighted by atomic mass is 9.89. The Kier molecular flexibility index (Phi) is 9.89. The zero-order chi connectivity index (χ0) is 17.5. The molecule has 0 aliphatic rings. The Morgan fingerprint density at radius 2 is 1.36 bits per heavy atom. The van der Waals surface area contributed by atoms with Crippen LogP contribution in [0.1, 0.15) is 81.6 Å². The van der Waals surface area contributed by atoms with Gasteiger partial charge < -0.3 is 4.43 Å². The first-order valence-electron chi connectivity index (χ1n) is 9.45. The Labute approximate surface area is 142 Å². The lowest BCUT2D eigenvalue weighted by Crippen LogP contribution is -2.52. The first-order chi connectivity index (χ1) is 10.1. The predicted molar refractivity (Wildman–Crippen MR) is 104 cm³/mol. The summed E-state index contributed by atoms with van der Waals surface area (Å²) in [5.41, 5.74) is 1.93. The van der Waals surface area contributed by atoms with Gasteiger partial charge in [-0.25, -0.2) is 0 Å². The van der Waals surface area contributed by atoms with Crippen molar-refractivity contribution in [2.45, 2.75) is 104 Å². The quantitative estimate of drug-likeness (QED) is 0.288. The number of hydrogen-bond acceptors (Lipinski definition) is 1. The lowest BCUT2D eigenvalue weighted by molar-refractivity contribution is 0.0846. The van der Waals surface area contributed by atoms with E-state index in [4.69, 9.17) is 4.43 Å². The first-order valence-corrected chi connectivity index (χ1v) is 11.6. The van der Waals surface area contributed by atoms with Crippen LogP contribution in [0.2, 0.25) is 16.6 Å². The van der Waals surface area contributed by atoms with Crippen LogP contribution in [0.3, 0.4) is 0 Å². The van der Waals surface area contributed by atoms with Crippen LogP contribution in [-0.2, 0) is 4.43 Å². The van der Waals surface area contributed by atoms with Crippen molar-refractivity contribution in [3.8, 4) is 0 Å². The van der Waals surface area contributed by atoms with Gasteiger partial charge in [-0.05, 0) is 29.0 Å². The molecule has 0 bridgehead atoms. The molecule has 0 aromatic heterocycles. The van der Waals surface area contributed by atoms with E-state index in [0.717, 1.165) is 0 Å². The van der Waals surface area contributed by atoms with Gasteiger partial charge in [0.25, 0.3) is 0 Å². The summed E-state index contributed by atoms with van der Waals surface area (Å²) in [6.45, 7) is 25.2. The Morgan fingerprint density at radius 1 is 0.909 bits per heavy atom. The largest absolute Gasteiger partial charge is 0.412 e. The molecule has 22 heavy (non-hydrogen) atoms. The Bertz CT molecular complexity index is 285. The van der Waals surface area contributed by atoms with Crippen LogP contribution in [0.25, 0.3) is 0 Å². The minimum atomic E-state index is -1.82. The van der Waals surface area contributed by atoms with Crippen LogP contribution >= 0.6 is 0 Å². The maximum Gasteiger partial charge on any atom is 0.200 e. The zero-order valence-corrected chi connectivity index (χ0v) is 17.8. The van der Waals surface area contributed by atoms with Gasteiger partial charge in [0.1, 0.15) is 0 Å². The van der Waals surface area contributed by atoms with Gasteiger partial charge in [-0.3, -0.25) is 0 Å². The van der Waals surface area contributed by atoms with Crippen LogP contribution in [0.4, 0.5) is 0 Å². The van der Waals surface area contributed by atoms with Crippen LogP contribution in [0.15, 0.2) is 12.7 Å². The highest BCUT2D eigenvalue weighted by atomic mass is 28.4. The Hall–Kier alpha value is -0.0831. The molecule has 132 valence electrons. The van der Waals surface area contributed by atoms with Gasteiger partial charge >= 0.3 is 0 Å². The molecule has 0 aromatic rings. The van der Waals surface area contributed by atoms with Crippen molar-refractivity contribution < 1.29 is 4.43 Å². The van der Waals surface area contributed by atoms with Crippen LogP contribution in [0.5, 0.6) is 0 Å². The van der Waals surface area contributed by atoms with Crippen LogP contribution < -0.4 is 0 Å². The highest BCUT2D eigenvalue weighted by Crippen LogP contribution is 2.44. The molecule has 0 rings (SSSR count). The normalized spacial score (nSPS) is 15.9. The van der Waals surface area contributed by atoms with Gasteiger partial charge in [0.05, 0.1) is 6.10 Å². The van der Waals surface area contributed by atoms with Crippen molar-refractivity contribution in [2.75, 3.05) is 0 Å². The summed E-state index contributed by atoms with van der Waals surface area (Å²) in [6, 6.07) is 0. The molecule has 2 atom stereocenters. The minimum absolute atomic E-state index is 0.322. The van der Waals surface area contributed by atoms with Crippen molar-refractivity contribution in [2.24, 2.45) is 11.8 Å². The molecule has 1 nitrogen and oxygen atoms in total.